The van der Waals surface area contributed by atoms with Gasteiger partial charge in [0.2, 0.25) is 0 Å². The Bertz CT molecular complexity index is 849. The fourth-order valence-electron chi connectivity index (χ4n) is 2.07. The van der Waals surface area contributed by atoms with E-state index in [0.29, 0.717) is 15.4 Å². The van der Waals surface area contributed by atoms with Gasteiger partial charge in [0.05, 0.1) is 10.4 Å². The molecule has 3 aromatic rings. The molecular formula is C16H12NNaO4S. The summed E-state index contributed by atoms with van der Waals surface area (Å²) >= 11 is 1.18. The van der Waals surface area contributed by atoms with Gasteiger partial charge in [0, 0.05) is 6.07 Å². The van der Waals surface area contributed by atoms with Crippen LogP contribution in [0.2, 0.25) is 0 Å². The molecule has 0 aliphatic carbocycles. The number of carboxylic acid groups (broad SMARTS) is 1. The predicted molar refractivity (Wildman–Crippen MR) is 90.4 cm³/mol. The maximum atomic E-state index is 11.4. The van der Waals surface area contributed by atoms with Gasteiger partial charge in [-0.2, -0.15) is 0 Å². The van der Waals surface area contributed by atoms with Gasteiger partial charge in [-0.15, -0.1) is 11.3 Å². The summed E-state index contributed by atoms with van der Waals surface area (Å²) in [7, 11) is 0. The summed E-state index contributed by atoms with van der Waals surface area (Å²) in [5.74, 6) is -1.34. The molecule has 0 unspecified atom stereocenters. The van der Waals surface area contributed by atoms with Gasteiger partial charge in [-0.25, -0.2) is 9.78 Å². The van der Waals surface area contributed by atoms with Crippen molar-refractivity contribution >= 4 is 46.9 Å². The Hall–Kier alpha value is -1.86. The fourth-order valence-corrected chi connectivity index (χ4v) is 3.16. The zero-order valence-electron chi connectivity index (χ0n) is 11.2. The van der Waals surface area contributed by atoms with Crippen molar-refractivity contribution in [1.29, 1.82) is 0 Å². The molecular weight excluding hydrogens is 325 g/mol. The first-order chi connectivity index (χ1) is 10.6. The summed E-state index contributed by atoms with van der Waals surface area (Å²) in [6, 6.07) is 13.2. The van der Waals surface area contributed by atoms with E-state index in [2.05, 4.69) is 4.98 Å². The molecule has 7 heteroatoms. The normalized spacial score (nSPS) is 10.1. The first-order valence-corrected chi connectivity index (χ1v) is 7.20. The fraction of sp³-hybridized carbons (Fsp3) is 0. The molecule has 0 aliphatic rings. The summed E-state index contributed by atoms with van der Waals surface area (Å²) in [6.07, 6.45) is 0. The molecule has 0 atom stereocenters. The van der Waals surface area contributed by atoms with Gasteiger partial charge in [0.15, 0.2) is 5.69 Å². The third kappa shape index (κ3) is 3.56. The minimum atomic E-state index is -1.13. The van der Waals surface area contributed by atoms with E-state index in [0.717, 1.165) is 5.56 Å². The predicted octanol–water partition coefficient (Wildman–Crippen LogP) is 2.94. The van der Waals surface area contributed by atoms with Gasteiger partial charge >= 0.3 is 35.5 Å². The first-order valence-electron chi connectivity index (χ1n) is 6.38. The Labute approximate surface area is 158 Å². The standard InChI is InChI=1S/C16H11NO4S.Na.H/c18-10-6-7-11(12(19)8-10)15-17-13(16(20)21)14(22-15)9-4-2-1-3-5-9;;/h1-8,18-19H,(H,20,21);;. The number of carboxylic acids is 1. The molecule has 23 heavy (non-hydrogen) atoms. The zero-order chi connectivity index (χ0) is 15.7. The molecule has 3 rings (SSSR count). The van der Waals surface area contributed by atoms with Crippen LogP contribution in [0.5, 0.6) is 11.5 Å². The summed E-state index contributed by atoms with van der Waals surface area (Å²) < 4.78 is 0. The first kappa shape index (κ1) is 17.5. The van der Waals surface area contributed by atoms with E-state index < -0.39 is 5.97 Å². The maximum absolute atomic E-state index is 11.4. The van der Waals surface area contributed by atoms with Crippen LogP contribution in [0.4, 0.5) is 0 Å². The number of phenolic OH excluding ortho intramolecular Hbond substituents is 2. The molecule has 0 saturated heterocycles. The van der Waals surface area contributed by atoms with Crippen LogP contribution in [0.15, 0.2) is 48.5 Å². The third-order valence-electron chi connectivity index (χ3n) is 3.08. The molecule has 0 fully saturated rings. The number of phenols is 2. The molecule has 5 nitrogen and oxygen atoms in total. The quantitative estimate of drug-likeness (QED) is 0.639. The number of hydrogen-bond donors (Lipinski definition) is 3. The molecule has 0 aliphatic heterocycles. The number of rotatable bonds is 3. The third-order valence-corrected chi connectivity index (χ3v) is 4.22. The van der Waals surface area contributed by atoms with Crippen molar-refractivity contribution in [1.82, 2.24) is 4.98 Å². The van der Waals surface area contributed by atoms with Gasteiger partial charge in [-0.1, -0.05) is 30.3 Å². The zero-order valence-corrected chi connectivity index (χ0v) is 12.0. The van der Waals surface area contributed by atoms with Crippen LogP contribution in [-0.4, -0.2) is 55.8 Å². The van der Waals surface area contributed by atoms with Crippen LogP contribution in [0, 0.1) is 0 Å². The second kappa shape index (κ2) is 7.14. The van der Waals surface area contributed by atoms with E-state index in [-0.39, 0.29) is 46.8 Å². The Morgan fingerprint density at radius 3 is 2.35 bits per heavy atom. The SMILES string of the molecule is O=C(O)c1nc(-c2ccc(O)cc2O)sc1-c1ccccc1.[NaH]. The molecule has 0 radical (unpaired) electrons. The average molecular weight is 337 g/mol. The Kier molecular flexibility index (Phi) is 5.43. The molecule has 0 amide bonds. The van der Waals surface area contributed by atoms with Crippen molar-refractivity contribution in [3.8, 4) is 32.5 Å². The van der Waals surface area contributed by atoms with Crippen molar-refractivity contribution < 1.29 is 20.1 Å². The number of nitrogens with zero attached hydrogens (tertiary/aromatic N) is 1. The summed E-state index contributed by atoms with van der Waals surface area (Å²) in [4.78, 5) is 16.1. The Morgan fingerprint density at radius 1 is 1.04 bits per heavy atom. The van der Waals surface area contributed by atoms with Crippen molar-refractivity contribution in [2.45, 2.75) is 0 Å². The Morgan fingerprint density at radius 2 is 1.74 bits per heavy atom. The van der Waals surface area contributed by atoms with Crippen molar-refractivity contribution in [2.24, 2.45) is 0 Å². The number of aromatic carboxylic acids is 1. The van der Waals surface area contributed by atoms with Crippen molar-refractivity contribution in [3.05, 3.63) is 54.2 Å². The molecule has 112 valence electrons. The van der Waals surface area contributed by atoms with E-state index in [9.17, 15) is 20.1 Å². The number of benzene rings is 2. The van der Waals surface area contributed by atoms with Crippen molar-refractivity contribution in [3.63, 3.8) is 0 Å². The van der Waals surface area contributed by atoms with Crippen LogP contribution in [0.25, 0.3) is 21.0 Å². The second-order valence-corrected chi connectivity index (χ2v) is 5.57. The summed E-state index contributed by atoms with van der Waals surface area (Å²) in [5, 5.41) is 29.0. The van der Waals surface area contributed by atoms with Crippen LogP contribution in [-0.2, 0) is 0 Å². The van der Waals surface area contributed by atoms with E-state index in [1.807, 2.05) is 18.2 Å². The van der Waals surface area contributed by atoms with E-state index in [4.69, 9.17) is 0 Å². The number of hydrogen-bond acceptors (Lipinski definition) is 5. The van der Waals surface area contributed by atoms with Gasteiger partial charge in [0.1, 0.15) is 16.5 Å². The number of carbonyl (C=O) groups is 1. The van der Waals surface area contributed by atoms with Gasteiger partial charge in [0.25, 0.3) is 0 Å². The molecule has 1 aromatic heterocycles. The second-order valence-electron chi connectivity index (χ2n) is 4.57. The number of aromatic nitrogens is 1. The molecule has 0 bridgehead atoms. The molecule has 0 saturated carbocycles. The topological polar surface area (TPSA) is 90.7 Å². The van der Waals surface area contributed by atoms with E-state index in [1.165, 1.54) is 29.5 Å². The van der Waals surface area contributed by atoms with Gasteiger partial charge < -0.3 is 15.3 Å². The van der Waals surface area contributed by atoms with Crippen LogP contribution in [0.3, 0.4) is 0 Å². The van der Waals surface area contributed by atoms with Gasteiger partial charge in [-0.05, 0) is 17.7 Å². The van der Waals surface area contributed by atoms with Crippen molar-refractivity contribution in [2.75, 3.05) is 0 Å². The van der Waals surface area contributed by atoms with E-state index in [1.54, 1.807) is 12.1 Å². The van der Waals surface area contributed by atoms with Gasteiger partial charge in [-0.3, -0.25) is 0 Å². The van der Waals surface area contributed by atoms with Crippen LogP contribution in [0.1, 0.15) is 10.5 Å². The van der Waals surface area contributed by atoms with Crippen LogP contribution >= 0.6 is 11.3 Å². The van der Waals surface area contributed by atoms with Crippen LogP contribution < -0.4 is 0 Å². The number of thiazole rings is 1. The van der Waals surface area contributed by atoms with E-state index >= 15 is 0 Å². The Balaban J connectivity index is 0.00000192. The molecule has 0 spiro atoms. The minimum absolute atomic E-state index is 0. The molecule has 3 N–H and O–H groups in total. The number of aromatic hydroxyl groups is 2. The summed E-state index contributed by atoms with van der Waals surface area (Å²) in [6.45, 7) is 0. The molecule has 2 aromatic carbocycles. The molecule has 1 heterocycles. The monoisotopic (exact) mass is 337 g/mol. The summed E-state index contributed by atoms with van der Waals surface area (Å²) in [5.41, 5.74) is 1.08. The average Bonchev–Trinajstić information content (AvgIpc) is 2.93.